The van der Waals surface area contributed by atoms with Crippen molar-refractivity contribution in [3.8, 4) is 55.6 Å². The number of fused-ring (bicyclic) bond motifs is 4. The fourth-order valence-electron chi connectivity index (χ4n) is 14.5. The summed E-state index contributed by atoms with van der Waals surface area (Å²) in [5, 5.41) is 5.43. The van der Waals surface area contributed by atoms with Crippen molar-refractivity contribution in [2.45, 2.75) is 52.4 Å². The molecule has 0 radical (unpaired) electrons. The fourth-order valence-corrected chi connectivity index (χ4v) is 19.3. The van der Waals surface area contributed by atoms with Crippen LogP contribution in [0.1, 0.15) is 52.7 Å². The van der Waals surface area contributed by atoms with E-state index in [0.717, 1.165) is 11.4 Å². The lowest BCUT2D eigenvalue weighted by Gasteiger charge is -2.46. The first kappa shape index (κ1) is 56.3. The van der Waals surface area contributed by atoms with Crippen LogP contribution in [0, 0.1) is 0 Å². The lowest BCUT2D eigenvalue weighted by atomic mass is 9.33. The Bertz CT molecular complexity index is 4520. The lowest BCUT2D eigenvalue weighted by molar-refractivity contribution is 0.590. The summed E-state index contributed by atoms with van der Waals surface area (Å²) in [5.74, 6) is 0. The Balaban J connectivity index is 1.05. The van der Waals surface area contributed by atoms with Gasteiger partial charge < -0.3 is 9.80 Å². The van der Waals surface area contributed by atoms with Crippen molar-refractivity contribution >= 4 is 86.0 Å². The zero-order chi connectivity index (χ0) is 61.1. The average Bonchev–Trinajstić information content (AvgIpc) is 0.700. The Morgan fingerprint density at radius 3 is 0.944 bits per heavy atom. The highest BCUT2D eigenvalue weighted by Crippen LogP contribution is 2.54. The van der Waals surface area contributed by atoms with E-state index < -0.39 is 8.07 Å². The van der Waals surface area contributed by atoms with E-state index in [4.69, 9.17) is 0 Å². The summed E-state index contributed by atoms with van der Waals surface area (Å²) in [7, 11) is -2.79. The number of hydrogen-bond acceptors (Lipinski definition) is 2. The second kappa shape index (κ2) is 22.7. The molecule has 0 aromatic heterocycles. The molecule has 2 aliphatic rings. The van der Waals surface area contributed by atoms with Crippen LogP contribution >= 0.6 is 0 Å². The predicted molar refractivity (Wildman–Crippen MR) is 389 cm³/mol. The summed E-state index contributed by atoms with van der Waals surface area (Å²) < 4.78 is 0. The molecule has 2 heterocycles. The van der Waals surface area contributed by atoms with Gasteiger partial charge in [0.1, 0.15) is 0 Å². The number of nitrogens with zero attached hydrogens (tertiary/aromatic N) is 2. The van der Waals surface area contributed by atoms with Crippen molar-refractivity contribution in [2.24, 2.45) is 0 Å². The number of hydrogen-bond donors (Lipinski definition) is 0. The summed E-state index contributed by atoms with van der Waals surface area (Å²) in [4.78, 5) is 5.35. The first-order valence-electron chi connectivity index (χ1n) is 31.8. The van der Waals surface area contributed by atoms with Crippen molar-refractivity contribution in [1.82, 2.24) is 0 Å². The van der Waals surface area contributed by atoms with Crippen molar-refractivity contribution in [1.29, 1.82) is 0 Å². The van der Waals surface area contributed by atoms with Crippen LogP contribution in [-0.2, 0) is 10.8 Å². The molecule has 0 aliphatic carbocycles. The molecule has 0 N–H and O–H groups in total. The third-order valence-corrected chi connectivity index (χ3v) is 23.7. The average molecular weight is 1170 g/mol. The highest BCUT2D eigenvalue weighted by molar-refractivity contribution is 7.19. The summed E-state index contributed by atoms with van der Waals surface area (Å²) in [6.45, 7) is 14.0. The second-order valence-corrected chi connectivity index (χ2v) is 30.2. The first-order valence-corrected chi connectivity index (χ1v) is 33.8. The molecule has 0 bridgehead atoms. The molecule has 2 nitrogen and oxygen atoms in total. The molecule has 4 heteroatoms. The largest absolute Gasteiger partial charge is 0.310 e. The smallest absolute Gasteiger partial charge is 0.252 e. The highest BCUT2D eigenvalue weighted by atomic mass is 28.3. The number of para-hydroxylation sites is 2. The summed E-state index contributed by atoms with van der Waals surface area (Å²) in [6.07, 6.45) is 0. The maximum atomic E-state index is 2.68. The van der Waals surface area contributed by atoms with E-state index in [1.54, 1.807) is 0 Å². The SMILES string of the molecule is CC(C)(C)c1ccc2c(c1)B1c3cc(-c4ccc([Si](c5ccccc5)(c5ccccc5)c5ccccc5)cc4)ccc3N(c3c(-c4ccccc4)cccc3-c3ccccc3)c3cc(C(C)(C)C)cc(c31)N2c1c(-c2ccccc2)cccc1-c1ccccc1. The van der Waals surface area contributed by atoms with E-state index in [1.807, 2.05) is 0 Å². The molecule has 432 valence electrons. The van der Waals surface area contributed by atoms with Gasteiger partial charge in [0.15, 0.2) is 8.07 Å². The van der Waals surface area contributed by atoms with Crippen molar-refractivity contribution < 1.29 is 0 Å². The maximum absolute atomic E-state index is 2.79. The molecular weight excluding hydrogens is 1100 g/mol. The molecule has 0 atom stereocenters. The molecule has 0 amide bonds. The number of anilines is 6. The van der Waals surface area contributed by atoms with E-state index in [1.165, 1.54) is 127 Å². The van der Waals surface area contributed by atoms with Crippen LogP contribution in [0.2, 0.25) is 0 Å². The van der Waals surface area contributed by atoms with E-state index >= 15 is 0 Å². The summed E-state index contributed by atoms with van der Waals surface area (Å²) in [5.41, 5.74) is 24.8. The van der Waals surface area contributed by atoms with Crippen LogP contribution in [0.5, 0.6) is 0 Å². The quantitative estimate of drug-likeness (QED) is 0.0941. The molecule has 0 spiro atoms. The zero-order valence-corrected chi connectivity index (χ0v) is 53.1. The van der Waals surface area contributed by atoms with E-state index in [0.29, 0.717) is 0 Å². The van der Waals surface area contributed by atoms with Gasteiger partial charge in [-0.1, -0.05) is 339 Å². The minimum Gasteiger partial charge on any atom is -0.310 e. The highest BCUT2D eigenvalue weighted by Gasteiger charge is 2.47. The number of benzene rings is 13. The van der Waals surface area contributed by atoms with Crippen LogP contribution in [0.4, 0.5) is 34.1 Å². The van der Waals surface area contributed by atoms with Gasteiger partial charge in [-0.25, -0.2) is 0 Å². The summed E-state index contributed by atoms with van der Waals surface area (Å²) in [6, 6.07) is 121. The van der Waals surface area contributed by atoms with Gasteiger partial charge in [-0.05, 0) is 117 Å². The predicted octanol–water partition coefficient (Wildman–Crippen LogP) is 18.1. The Labute approximate surface area is 533 Å². The van der Waals surface area contributed by atoms with Crippen molar-refractivity contribution in [3.05, 3.63) is 333 Å². The Morgan fingerprint density at radius 2 is 0.578 bits per heavy atom. The van der Waals surface area contributed by atoms with Gasteiger partial charge in [0, 0.05) is 45.0 Å². The maximum Gasteiger partial charge on any atom is 0.252 e. The van der Waals surface area contributed by atoms with Gasteiger partial charge >= 0.3 is 0 Å². The van der Waals surface area contributed by atoms with Crippen LogP contribution in [-0.4, -0.2) is 14.8 Å². The van der Waals surface area contributed by atoms with Crippen molar-refractivity contribution in [3.63, 3.8) is 0 Å². The molecule has 0 unspecified atom stereocenters. The molecule has 0 saturated carbocycles. The minimum absolute atomic E-state index is 0.139. The van der Waals surface area contributed by atoms with E-state index in [2.05, 4.69) is 373 Å². The monoisotopic (exact) mass is 1170 g/mol. The zero-order valence-electron chi connectivity index (χ0n) is 52.1. The van der Waals surface area contributed by atoms with E-state index in [-0.39, 0.29) is 17.5 Å². The van der Waals surface area contributed by atoms with Crippen LogP contribution in [0.3, 0.4) is 0 Å². The molecule has 0 fully saturated rings. The van der Waals surface area contributed by atoms with Crippen LogP contribution in [0.15, 0.2) is 322 Å². The van der Waals surface area contributed by atoms with Gasteiger partial charge in [-0.3, -0.25) is 0 Å². The number of rotatable bonds is 11. The first-order chi connectivity index (χ1) is 43.9. The van der Waals surface area contributed by atoms with Gasteiger partial charge in [0.25, 0.3) is 6.71 Å². The molecule has 2 aliphatic heterocycles. The topological polar surface area (TPSA) is 6.48 Å². The molecule has 13 aromatic rings. The Kier molecular flexibility index (Phi) is 14.2. The normalized spacial score (nSPS) is 12.7. The molecule has 90 heavy (non-hydrogen) atoms. The lowest BCUT2D eigenvalue weighted by Crippen LogP contribution is -2.74. The Hall–Kier alpha value is -10.3. The molecule has 0 saturated heterocycles. The van der Waals surface area contributed by atoms with Crippen LogP contribution < -0.4 is 46.9 Å². The van der Waals surface area contributed by atoms with Crippen molar-refractivity contribution in [2.75, 3.05) is 9.80 Å². The van der Waals surface area contributed by atoms with Gasteiger partial charge in [0.05, 0.1) is 11.4 Å². The molecular formula is C86H71BN2Si. The molecule has 13 aromatic carbocycles. The second-order valence-electron chi connectivity index (χ2n) is 26.4. The standard InChI is InChI=1S/C86H71BN2Si/c1-85(2,3)66-51-55-79-77(57-66)87-76-56-65(60-48-52-71(53-49-60)90(68-38-22-11-23-39-68,69-40-24-12-25-41-69)70-42-26-13-27-43-70)50-54-78(76)88(83-72(61-30-14-7-15-31-61)44-28-45-73(83)62-32-16-8-17-33-62)80-58-67(86(4,5)6)59-81(82(80)87)89(79)84-74(63-34-18-9-19-35-63)46-29-47-75(84)64-36-20-10-21-37-64/h7-59H,1-6H3. The minimum atomic E-state index is -2.79. The fraction of sp³-hybridized carbons (Fsp3) is 0.0930. The third kappa shape index (κ3) is 9.66. The van der Waals surface area contributed by atoms with Gasteiger partial charge in [0.2, 0.25) is 0 Å². The van der Waals surface area contributed by atoms with Gasteiger partial charge in [-0.2, -0.15) is 0 Å². The van der Waals surface area contributed by atoms with Gasteiger partial charge in [-0.15, -0.1) is 0 Å². The molecule has 15 rings (SSSR count). The third-order valence-electron chi connectivity index (χ3n) is 18.9. The van der Waals surface area contributed by atoms with Crippen LogP contribution in [0.25, 0.3) is 55.6 Å². The summed E-state index contributed by atoms with van der Waals surface area (Å²) >= 11 is 0. The Morgan fingerprint density at radius 1 is 0.256 bits per heavy atom. The van der Waals surface area contributed by atoms with E-state index in [9.17, 15) is 0 Å².